The molecule has 4 nitrogen and oxygen atoms in total. The number of imidazole rings is 1. The number of carboxylic acid groups (broad SMARTS) is 1. The Kier molecular flexibility index (Phi) is 2.25. The van der Waals surface area contributed by atoms with Crippen molar-refractivity contribution < 1.29 is 9.90 Å². The van der Waals surface area contributed by atoms with Gasteiger partial charge in [-0.1, -0.05) is 22.0 Å². The van der Waals surface area contributed by atoms with E-state index in [0.717, 1.165) is 15.5 Å². The number of benzene rings is 1. The van der Waals surface area contributed by atoms with Gasteiger partial charge < -0.3 is 5.11 Å². The zero-order chi connectivity index (χ0) is 10.1. The predicted octanol–water partition coefficient (Wildman–Crippen LogP) is 2.46. The van der Waals surface area contributed by atoms with Gasteiger partial charge in [-0.3, -0.25) is 0 Å². The molecule has 0 atom stereocenters. The predicted molar refractivity (Wildman–Crippen MR) is 55.8 cm³/mol. The third-order valence-electron chi connectivity index (χ3n) is 1.97. The number of halogens is 1. The maximum Gasteiger partial charge on any atom is 0.417 e. The summed E-state index contributed by atoms with van der Waals surface area (Å²) in [6.07, 6.45) is 0.296. The van der Waals surface area contributed by atoms with Gasteiger partial charge in [0.05, 0.1) is 11.0 Å². The Morgan fingerprint density at radius 1 is 1.57 bits per heavy atom. The molecule has 2 aromatic rings. The standard InChI is InChI=1S/C9H7BrN2O2/c10-4-6-1-2-8-7(3-6)11-5-12(8)9(13)14/h1-3,5H,4H2,(H,13,14). The molecular formula is C9H7BrN2O2. The summed E-state index contributed by atoms with van der Waals surface area (Å²) in [5, 5.41) is 9.55. The summed E-state index contributed by atoms with van der Waals surface area (Å²) in [5.74, 6) is 0. The van der Waals surface area contributed by atoms with Crippen molar-refractivity contribution in [3.05, 3.63) is 30.1 Å². The Morgan fingerprint density at radius 2 is 2.36 bits per heavy atom. The zero-order valence-electron chi connectivity index (χ0n) is 7.14. The fourth-order valence-electron chi connectivity index (χ4n) is 1.29. The van der Waals surface area contributed by atoms with Crippen LogP contribution in [0.5, 0.6) is 0 Å². The summed E-state index contributed by atoms with van der Waals surface area (Å²) in [6.45, 7) is 0. The van der Waals surface area contributed by atoms with Gasteiger partial charge in [0.2, 0.25) is 0 Å². The topological polar surface area (TPSA) is 55.1 Å². The second-order valence-electron chi connectivity index (χ2n) is 2.85. The highest BCUT2D eigenvalue weighted by Crippen LogP contribution is 2.16. The first kappa shape index (κ1) is 9.21. The van der Waals surface area contributed by atoms with Crippen LogP contribution in [0.2, 0.25) is 0 Å². The normalized spacial score (nSPS) is 10.6. The van der Waals surface area contributed by atoms with E-state index in [2.05, 4.69) is 20.9 Å². The lowest BCUT2D eigenvalue weighted by Gasteiger charge is -1.97. The molecule has 0 saturated carbocycles. The van der Waals surface area contributed by atoms with E-state index in [1.807, 2.05) is 12.1 Å². The van der Waals surface area contributed by atoms with Crippen molar-refractivity contribution in [1.82, 2.24) is 9.55 Å². The van der Waals surface area contributed by atoms with Crippen molar-refractivity contribution in [2.45, 2.75) is 5.33 Å². The number of hydrogen-bond donors (Lipinski definition) is 1. The second-order valence-corrected chi connectivity index (χ2v) is 3.41. The molecule has 0 spiro atoms. The molecule has 72 valence electrons. The molecule has 14 heavy (non-hydrogen) atoms. The van der Waals surface area contributed by atoms with Gasteiger partial charge in [-0.25, -0.2) is 14.3 Å². The lowest BCUT2D eigenvalue weighted by molar-refractivity contribution is 0.197. The van der Waals surface area contributed by atoms with Gasteiger partial charge in [0.25, 0.3) is 0 Å². The minimum absolute atomic E-state index is 0.613. The van der Waals surface area contributed by atoms with Crippen molar-refractivity contribution >= 4 is 33.1 Å². The third kappa shape index (κ3) is 1.39. The summed E-state index contributed by atoms with van der Waals surface area (Å²) in [5.41, 5.74) is 2.39. The highest BCUT2D eigenvalue weighted by molar-refractivity contribution is 9.08. The van der Waals surface area contributed by atoms with E-state index in [4.69, 9.17) is 5.11 Å². The van der Waals surface area contributed by atoms with Gasteiger partial charge >= 0.3 is 6.09 Å². The van der Waals surface area contributed by atoms with E-state index in [-0.39, 0.29) is 0 Å². The van der Waals surface area contributed by atoms with Crippen molar-refractivity contribution in [2.75, 3.05) is 0 Å². The molecule has 2 rings (SSSR count). The maximum absolute atomic E-state index is 10.7. The van der Waals surface area contributed by atoms with Gasteiger partial charge in [0, 0.05) is 5.33 Å². The highest BCUT2D eigenvalue weighted by Gasteiger charge is 2.07. The van der Waals surface area contributed by atoms with Crippen LogP contribution in [0.15, 0.2) is 24.5 Å². The highest BCUT2D eigenvalue weighted by atomic mass is 79.9. The van der Waals surface area contributed by atoms with E-state index in [1.54, 1.807) is 6.07 Å². The van der Waals surface area contributed by atoms with Gasteiger partial charge in [0.15, 0.2) is 0 Å². The molecule has 1 heterocycles. The first-order chi connectivity index (χ1) is 6.72. The quantitative estimate of drug-likeness (QED) is 0.796. The molecule has 0 unspecified atom stereocenters. The molecule has 0 aliphatic rings. The Morgan fingerprint density at radius 3 is 3.00 bits per heavy atom. The van der Waals surface area contributed by atoms with Crippen LogP contribution in [0.4, 0.5) is 4.79 Å². The average Bonchev–Trinajstić information content (AvgIpc) is 2.59. The summed E-state index contributed by atoms with van der Waals surface area (Å²) in [6, 6.07) is 5.49. The lowest BCUT2D eigenvalue weighted by Crippen LogP contribution is -2.05. The zero-order valence-corrected chi connectivity index (χ0v) is 8.73. The number of nitrogens with zero attached hydrogens (tertiary/aromatic N) is 2. The Bertz CT molecular complexity index is 493. The second kappa shape index (κ2) is 3.42. The molecule has 1 aromatic carbocycles. The van der Waals surface area contributed by atoms with Gasteiger partial charge in [-0.05, 0) is 17.7 Å². The minimum Gasteiger partial charge on any atom is -0.464 e. The van der Waals surface area contributed by atoms with Crippen LogP contribution in [0, 0.1) is 0 Å². The van der Waals surface area contributed by atoms with Crippen molar-refractivity contribution in [3.8, 4) is 0 Å². The Hall–Kier alpha value is -1.36. The molecule has 0 aliphatic carbocycles. The SMILES string of the molecule is O=C(O)n1cnc2cc(CBr)ccc21. The molecule has 0 bridgehead atoms. The molecule has 0 fully saturated rings. The number of hydrogen-bond acceptors (Lipinski definition) is 2. The first-order valence-electron chi connectivity index (χ1n) is 3.97. The van der Waals surface area contributed by atoms with E-state index >= 15 is 0 Å². The summed E-state index contributed by atoms with van der Waals surface area (Å²) >= 11 is 3.33. The number of alkyl halides is 1. The summed E-state index contributed by atoms with van der Waals surface area (Å²) in [7, 11) is 0. The van der Waals surface area contributed by atoms with E-state index in [9.17, 15) is 4.79 Å². The molecule has 0 saturated heterocycles. The fraction of sp³-hybridized carbons (Fsp3) is 0.111. The fourth-order valence-corrected chi connectivity index (χ4v) is 1.64. The summed E-state index contributed by atoms with van der Waals surface area (Å²) in [4.78, 5) is 14.8. The van der Waals surface area contributed by atoms with Crippen LogP contribution in [0.1, 0.15) is 5.56 Å². The van der Waals surface area contributed by atoms with E-state index < -0.39 is 6.09 Å². The van der Waals surface area contributed by atoms with Crippen LogP contribution in [0.3, 0.4) is 0 Å². The van der Waals surface area contributed by atoms with Crippen molar-refractivity contribution in [1.29, 1.82) is 0 Å². The molecule has 0 radical (unpaired) electrons. The third-order valence-corrected chi connectivity index (χ3v) is 2.62. The van der Waals surface area contributed by atoms with Gasteiger partial charge in [-0.15, -0.1) is 0 Å². The Balaban J connectivity index is 2.65. The van der Waals surface area contributed by atoms with Gasteiger partial charge in [-0.2, -0.15) is 0 Å². The van der Waals surface area contributed by atoms with E-state index in [1.165, 1.54) is 6.33 Å². The monoisotopic (exact) mass is 254 g/mol. The average molecular weight is 255 g/mol. The molecular weight excluding hydrogens is 248 g/mol. The van der Waals surface area contributed by atoms with Gasteiger partial charge in [0.1, 0.15) is 6.33 Å². The van der Waals surface area contributed by atoms with E-state index in [0.29, 0.717) is 11.0 Å². The number of rotatable bonds is 1. The maximum atomic E-state index is 10.7. The number of aromatic nitrogens is 2. The molecule has 0 amide bonds. The lowest BCUT2D eigenvalue weighted by atomic mass is 10.2. The van der Waals surface area contributed by atoms with Crippen molar-refractivity contribution in [3.63, 3.8) is 0 Å². The van der Waals surface area contributed by atoms with Crippen LogP contribution in [0.25, 0.3) is 11.0 Å². The van der Waals surface area contributed by atoms with Crippen LogP contribution >= 0.6 is 15.9 Å². The Labute approximate surface area is 88.3 Å². The number of fused-ring (bicyclic) bond motifs is 1. The minimum atomic E-state index is -1.01. The number of carbonyl (C=O) groups is 1. The van der Waals surface area contributed by atoms with Crippen LogP contribution in [-0.4, -0.2) is 20.8 Å². The summed E-state index contributed by atoms with van der Waals surface area (Å²) < 4.78 is 1.10. The molecule has 1 aromatic heterocycles. The molecule has 1 N–H and O–H groups in total. The largest absolute Gasteiger partial charge is 0.464 e. The molecule has 5 heteroatoms. The van der Waals surface area contributed by atoms with Crippen LogP contribution in [-0.2, 0) is 5.33 Å². The first-order valence-corrected chi connectivity index (χ1v) is 5.10. The smallest absolute Gasteiger partial charge is 0.417 e. The molecule has 0 aliphatic heterocycles. The van der Waals surface area contributed by atoms with Crippen LogP contribution < -0.4 is 0 Å². The van der Waals surface area contributed by atoms with Crippen molar-refractivity contribution in [2.24, 2.45) is 0 Å².